The topological polar surface area (TPSA) is 128 Å². The van der Waals surface area contributed by atoms with Crippen LogP contribution in [0, 0.1) is 0 Å². The van der Waals surface area contributed by atoms with E-state index in [-0.39, 0.29) is 33.2 Å². The Morgan fingerprint density at radius 2 is 1.63 bits per heavy atom. The van der Waals surface area contributed by atoms with E-state index in [0.29, 0.717) is 0 Å². The average molecular weight is 395 g/mol. The first-order chi connectivity index (χ1) is 12.7. The Hall–Kier alpha value is -3.27. The lowest BCUT2D eigenvalue weighted by Crippen LogP contribution is -2.17. The van der Waals surface area contributed by atoms with E-state index >= 15 is 0 Å². The highest BCUT2D eigenvalue weighted by Crippen LogP contribution is 2.34. The quantitative estimate of drug-likeness (QED) is 0.681. The molecule has 2 rings (SSSR count). The largest absolute Gasteiger partial charge is 0.493 e. The maximum Gasteiger partial charge on any atom is 0.340 e. The maximum absolute atomic E-state index is 12.7. The lowest BCUT2D eigenvalue weighted by molar-refractivity contribution is 0.0600. The molecule has 0 amide bonds. The number of esters is 1. The van der Waals surface area contributed by atoms with Crippen molar-refractivity contribution in [1.29, 1.82) is 0 Å². The number of nitrogens with one attached hydrogen (secondary N) is 1. The summed E-state index contributed by atoms with van der Waals surface area (Å²) in [4.78, 5) is 22.8. The smallest absolute Gasteiger partial charge is 0.340 e. The van der Waals surface area contributed by atoms with E-state index in [1.165, 1.54) is 44.6 Å². The Balaban J connectivity index is 2.55. The number of carbonyl (C=O) groups excluding carboxylic acids is 1. The van der Waals surface area contributed by atoms with Crippen LogP contribution in [0.2, 0.25) is 0 Å². The number of methoxy groups -OCH3 is 3. The first-order valence-corrected chi connectivity index (χ1v) is 8.92. The van der Waals surface area contributed by atoms with Gasteiger partial charge in [0.15, 0.2) is 11.5 Å². The van der Waals surface area contributed by atoms with Crippen molar-refractivity contribution in [3.63, 3.8) is 0 Å². The van der Waals surface area contributed by atoms with Gasteiger partial charge in [0.2, 0.25) is 0 Å². The van der Waals surface area contributed by atoms with Crippen LogP contribution < -0.4 is 14.2 Å². The Morgan fingerprint density at radius 1 is 1.00 bits per heavy atom. The summed E-state index contributed by atoms with van der Waals surface area (Å²) in [5.41, 5.74) is -0.410. The van der Waals surface area contributed by atoms with Gasteiger partial charge in [-0.05, 0) is 18.2 Å². The second kappa shape index (κ2) is 7.96. The molecule has 27 heavy (non-hydrogen) atoms. The molecule has 0 aliphatic rings. The first kappa shape index (κ1) is 20.0. The van der Waals surface area contributed by atoms with Crippen molar-refractivity contribution < 1.29 is 37.3 Å². The molecule has 0 unspecified atom stereocenters. The molecule has 0 bridgehead atoms. The fourth-order valence-corrected chi connectivity index (χ4v) is 3.36. The highest BCUT2D eigenvalue weighted by Gasteiger charge is 2.23. The molecule has 0 heterocycles. The molecule has 0 aliphatic carbocycles. The van der Waals surface area contributed by atoms with Crippen molar-refractivity contribution in [2.24, 2.45) is 0 Å². The van der Waals surface area contributed by atoms with Gasteiger partial charge in [-0.3, -0.25) is 4.72 Å². The Kier molecular flexibility index (Phi) is 5.91. The van der Waals surface area contributed by atoms with Crippen LogP contribution in [0.15, 0.2) is 41.3 Å². The molecule has 10 heteroatoms. The number of sulfonamides is 1. The minimum absolute atomic E-state index is 0.104. The highest BCUT2D eigenvalue weighted by atomic mass is 32.2. The van der Waals surface area contributed by atoms with Crippen LogP contribution in [0.25, 0.3) is 0 Å². The molecule has 9 nitrogen and oxygen atoms in total. The molecule has 0 atom stereocenters. The van der Waals surface area contributed by atoms with Gasteiger partial charge in [-0.25, -0.2) is 18.0 Å². The molecule has 0 aliphatic heterocycles. The molecule has 144 valence electrons. The average Bonchev–Trinajstić information content (AvgIpc) is 2.66. The van der Waals surface area contributed by atoms with Crippen LogP contribution in [0.5, 0.6) is 11.5 Å². The third-order valence-corrected chi connectivity index (χ3v) is 4.93. The van der Waals surface area contributed by atoms with Gasteiger partial charge in [-0.1, -0.05) is 6.07 Å². The molecule has 0 saturated heterocycles. The minimum atomic E-state index is -4.20. The number of hydrogen-bond donors (Lipinski definition) is 2. The van der Waals surface area contributed by atoms with E-state index in [4.69, 9.17) is 14.6 Å². The monoisotopic (exact) mass is 395 g/mol. The van der Waals surface area contributed by atoms with Crippen LogP contribution >= 0.6 is 0 Å². The molecule has 2 N–H and O–H groups in total. The number of carboxylic acids is 1. The SMILES string of the molecule is COC(=O)c1cc(OC)c(OC)cc1NS(=O)(=O)c1cccc(C(=O)O)c1. The van der Waals surface area contributed by atoms with Gasteiger partial charge in [-0.2, -0.15) is 0 Å². The van der Waals surface area contributed by atoms with Crippen LogP contribution in [-0.2, 0) is 14.8 Å². The maximum atomic E-state index is 12.7. The van der Waals surface area contributed by atoms with Crippen molar-refractivity contribution in [3.8, 4) is 11.5 Å². The number of anilines is 1. The van der Waals surface area contributed by atoms with Gasteiger partial charge in [0.1, 0.15) is 0 Å². The van der Waals surface area contributed by atoms with Gasteiger partial charge in [0.25, 0.3) is 10.0 Å². The lowest BCUT2D eigenvalue weighted by Gasteiger charge is -2.15. The molecule has 0 saturated carbocycles. The van der Waals surface area contributed by atoms with E-state index in [1.807, 2.05) is 0 Å². The Morgan fingerprint density at radius 3 is 2.19 bits per heavy atom. The van der Waals surface area contributed by atoms with E-state index in [9.17, 15) is 18.0 Å². The fourth-order valence-electron chi connectivity index (χ4n) is 2.24. The zero-order chi connectivity index (χ0) is 20.2. The summed E-state index contributed by atoms with van der Waals surface area (Å²) in [6.45, 7) is 0. The third-order valence-electron chi connectivity index (χ3n) is 3.56. The van der Waals surface area contributed by atoms with Crippen molar-refractivity contribution in [2.45, 2.75) is 4.90 Å². The third kappa shape index (κ3) is 4.29. The molecular formula is C17H17NO8S. The first-order valence-electron chi connectivity index (χ1n) is 7.44. The Labute approximate surface area is 155 Å². The van der Waals surface area contributed by atoms with Crippen molar-refractivity contribution in [1.82, 2.24) is 0 Å². The zero-order valence-corrected chi connectivity index (χ0v) is 15.5. The van der Waals surface area contributed by atoms with Crippen LogP contribution in [0.1, 0.15) is 20.7 Å². The Bertz CT molecular complexity index is 984. The summed E-state index contributed by atoms with van der Waals surface area (Å²) < 4.78 is 42.5. The van der Waals surface area contributed by atoms with Crippen molar-refractivity contribution in [3.05, 3.63) is 47.5 Å². The summed E-state index contributed by atoms with van der Waals surface area (Å²) >= 11 is 0. The number of carbonyl (C=O) groups is 2. The highest BCUT2D eigenvalue weighted by molar-refractivity contribution is 7.92. The molecular weight excluding hydrogens is 378 g/mol. The standard InChI is InChI=1S/C17H17NO8S/c1-24-14-8-12(17(21)26-3)13(9-15(14)25-2)18-27(22,23)11-6-4-5-10(7-11)16(19)20/h4-9,18H,1-3H3,(H,19,20). The summed E-state index contributed by atoms with van der Waals surface area (Å²) in [6.07, 6.45) is 0. The number of carboxylic acid groups (broad SMARTS) is 1. The molecule has 2 aromatic carbocycles. The predicted octanol–water partition coefficient (Wildman–Crippen LogP) is 1.99. The van der Waals surface area contributed by atoms with Crippen LogP contribution in [0.4, 0.5) is 5.69 Å². The van der Waals surface area contributed by atoms with E-state index in [2.05, 4.69) is 9.46 Å². The number of hydrogen-bond acceptors (Lipinski definition) is 7. The number of ether oxygens (including phenoxy) is 3. The van der Waals surface area contributed by atoms with E-state index < -0.39 is 22.0 Å². The normalized spacial score (nSPS) is 10.8. The van der Waals surface area contributed by atoms with Crippen LogP contribution in [-0.4, -0.2) is 46.8 Å². The summed E-state index contributed by atoms with van der Waals surface area (Å²) in [5, 5.41) is 9.03. The van der Waals surface area contributed by atoms with Crippen molar-refractivity contribution >= 4 is 27.6 Å². The van der Waals surface area contributed by atoms with E-state index in [0.717, 1.165) is 13.2 Å². The molecule has 0 spiro atoms. The zero-order valence-electron chi connectivity index (χ0n) is 14.7. The summed E-state index contributed by atoms with van der Waals surface area (Å²) in [6, 6.07) is 7.34. The summed E-state index contributed by atoms with van der Waals surface area (Å²) in [7, 11) is -0.336. The van der Waals surface area contributed by atoms with Gasteiger partial charge >= 0.3 is 11.9 Å². The number of aromatic carboxylic acids is 1. The predicted molar refractivity (Wildman–Crippen MR) is 95.1 cm³/mol. The second-order valence-corrected chi connectivity index (χ2v) is 6.87. The number of benzene rings is 2. The molecule has 0 aromatic heterocycles. The molecule has 2 aromatic rings. The minimum Gasteiger partial charge on any atom is -0.493 e. The number of rotatable bonds is 7. The van der Waals surface area contributed by atoms with Crippen LogP contribution in [0.3, 0.4) is 0 Å². The van der Waals surface area contributed by atoms with Gasteiger partial charge < -0.3 is 19.3 Å². The lowest BCUT2D eigenvalue weighted by atomic mass is 10.1. The summed E-state index contributed by atoms with van der Waals surface area (Å²) in [5.74, 6) is -1.68. The molecule has 0 radical (unpaired) electrons. The fraction of sp³-hybridized carbons (Fsp3) is 0.176. The van der Waals surface area contributed by atoms with E-state index in [1.54, 1.807) is 0 Å². The van der Waals surface area contributed by atoms with Gasteiger partial charge in [0, 0.05) is 12.1 Å². The van der Waals surface area contributed by atoms with Gasteiger partial charge in [-0.15, -0.1) is 0 Å². The molecule has 0 fully saturated rings. The second-order valence-electron chi connectivity index (χ2n) is 5.18. The van der Waals surface area contributed by atoms with Crippen molar-refractivity contribution in [2.75, 3.05) is 26.1 Å². The van der Waals surface area contributed by atoms with Gasteiger partial charge in [0.05, 0.1) is 43.0 Å².